The zero-order chi connectivity index (χ0) is 41.7. The van der Waals surface area contributed by atoms with E-state index in [4.69, 9.17) is 0 Å². The van der Waals surface area contributed by atoms with Crippen LogP contribution in [0.5, 0.6) is 0 Å². The van der Waals surface area contributed by atoms with Crippen LogP contribution in [0.1, 0.15) is 74.8 Å². The molecule has 4 heteroatoms. The van der Waals surface area contributed by atoms with E-state index in [0.717, 1.165) is 34.9 Å². The number of para-hydroxylation sites is 1. The maximum Gasteiger partial charge on any atom is 0.0508 e. The van der Waals surface area contributed by atoms with Crippen LogP contribution in [0.3, 0.4) is 0 Å². The van der Waals surface area contributed by atoms with Crippen molar-refractivity contribution in [2.45, 2.75) is 63.8 Å². The van der Waals surface area contributed by atoms with E-state index in [-0.39, 0.29) is 11.3 Å². The van der Waals surface area contributed by atoms with Crippen molar-refractivity contribution in [3.8, 4) is 0 Å². The summed E-state index contributed by atoms with van der Waals surface area (Å²) in [4.78, 5) is 0. The van der Waals surface area contributed by atoms with Gasteiger partial charge in [0.05, 0.1) is 5.69 Å². The van der Waals surface area contributed by atoms with Crippen molar-refractivity contribution in [3.63, 3.8) is 0 Å². The van der Waals surface area contributed by atoms with E-state index in [2.05, 4.69) is 238 Å². The van der Waals surface area contributed by atoms with Crippen LogP contribution in [0.2, 0.25) is 0 Å². The Morgan fingerprint density at radius 2 is 1.05 bits per heavy atom. The van der Waals surface area contributed by atoms with Gasteiger partial charge in [-0.2, -0.15) is 0 Å². The van der Waals surface area contributed by atoms with Gasteiger partial charge in [-0.25, -0.2) is 0 Å². The highest BCUT2D eigenvalue weighted by Crippen LogP contribution is 2.52. The van der Waals surface area contributed by atoms with E-state index in [1.54, 1.807) is 0 Å². The molecule has 10 rings (SSSR count). The van der Waals surface area contributed by atoms with Crippen molar-refractivity contribution in [1.29, 1.82) is 0 Å². The largest absolute Gasteiger partial charge is 0.381 e. The summed E-state index contributed by atoms with van der Waals surface area (Å²) < 4.78 is 0. The maximum absolute atomic E-state index is 4.02. The monoisotopic (exact) mass is 794 g/mol. The minimum atomic E-state index is -0.394. The van der Waals surface area contributed by atoms with Gasteiger partial charge in [0.25, 0.3) is 0 Å². The number of benzene rings is 8. The van der Waals surface area contributed by atoms with Gasteiger partial charge < -0.3 is 21.3 Å². The molecule has 61 heavy (non-hydrogen) atoms. The quantitative estimate of drug-likeness (QED) is 0.118. The van der Waals surface area contributed by atoms with Crippen molar-refractivity contribution < 1.29 is 0 Å². The summed E-state index contributed by atoms with van der Waals surface area (Å²) in [6.07, 6.45) is 3.50. The lowest BCUT2D eigenvalue weighted by molar-refractivity contribution is 0.387. The Kier molecular flexibility index (Phi) is 9.67. The molecule has 4 N–H and O–H groups in total. The van der Waals surface area contributed by atoms with Gasteiger partial charge in [-0.05, 0) is 89.6 Å². The molecule has 0 spiro atoms. The molecule has 0 bridgehead atoms. The fraction of sp³-hybridized carbons (Fsp3) is 0.193. The van der Waals surface area contributed by atoms with E-state index in [0.29, 0.717) is 12.0 Å². The standard InChI is InChI=1S/C57H54N4/c1-37(2)52-35-56(4,40-21-9-6-10-22-40)48-34-51(45-29-16-17-30-46(45)54(48)60-52)59-43-27-19-20-39(32-43)38(3)53-36-57(5,41-23-11-7-12-24-41)49-33-50(58-42-25-13-8-14-26-42)44-28-15-18-31-47(44)55(49)61-53/h6-34,36-38,52,58-61H,35H2,1-5H3. The van der Waals surface area contributed by atoms with Gasteiger partial charge in [0.1, 0.15) is 0 Å². The molecule has 2 aliphatic rings. The van der Waals surface area contributed by atoms with Gasteiger partial charge in [0.2, 0.25) is 0 Å². The summed E-state index contributed by atoms with van der Waals surface area (Å²) in [5.41, 5.74) is 13.9. The SMILES string of the molecule is CC(C1=CC(C)(c2ccccc2)c2cc(Nc3ccccc3)c3ccccc3c2N1)c1cccc(Nc2cc3c(c4ccccc24)NC(C(C)C)CC3(C)c2ccccc2)c1. The molecule has 0 aliphatic carbocycles. The number of fused-ring (bicyclic) bond motifs is 6. The van der Waals surface area contributed by atoms with Crippen LogP contribution in [-0.4, -0.2) is 6.04 Å². The smallest absolute Gasteiger partial charge is 0.0508 e. The highest BCUT2D eigenvalue weighted by atomic mass is 15.0. The third-order valence-electron chi connectivity index (χ3n) is 13.7. The van der Waals surface area contributed by atoms with Crippen LogP contribution in [0.4, 0.5) is 34.1 Å². The van der Waals surface area contributed by atoms with Gasteiger partial charge in [-0.1, -0.05) is 167 Å². The molecule has 2 heterocycles. The van der Waals surface area contributed by atoms with Gasteiger partial charge in [-0.15, -0.1) is 0 Å². The van der Waals surface area contributed by atoms with Gasteiger partial charge in [0.15, 0.2) is 0 Å². The van der Waals surface area contributed by atoms with E-state index in [1.807, 2.05) is 0 Å². The Morgan fingerprint density at radius 3 is 1.69 bits per heavy atom. The van der Waals surface area contributed by atoms with Crippen molar-refractivity contribution in [2.75, 3.05) is 21.3 Å². The summed E-state index contributed by atoms with van der Waals surface area (Å²) in [5, 5.41) is 20.6. The molecule has 4 atom stereocenters. The van der Waals surface area contributed by atoms with Gasteiger partial charge in [-0.3, -0.25) is 0 Å². The summed E-state index contributed by atoms with van der Waals surface area (Å²) in [5.74, 6) is 0.579. The summed E-state index contributed by atoms with van der Waals surface area (Å²) in [6, 6.07) is 64.3. The molecule has 302 valence electrons. The molecule has 0 aromatic heterocycles. The zero-order valence-electron chi connectivity index (χ0n) is 35.8. The van der Waals surface area contributed by atoms with Crippen LogP contribution in [-0.2, 0) is 10.8 Å². The number of allylic oxidation sites excluding steroid dienone is 2. The van der Waals surface area contributed by atoms with E-state index in [1.165, 1.54) is 60.7 Å². The molecule has 2 aliphatic heterocycles. The third kappa shape index (κ3) is 6.81. The molecule has 8 aromatic carbocycles. The van der Waals surface area contributed by atoms with Crippen LogP contribution in [0.15, 0.2) is 188 Å². The second-order valence-electron chi connectivity index (χ2n) is 17.9. The first kappa shape index (κ1) is 38.4. The van der Waals surface area contributed by atoms with Crippen LogP contribution < -0.4 is 21.3 Å². The average Bonchev–Trinajstić information content (AvgIpc) is 3.30. The minimum Gasteiger partial charge on any atom is -0.381 e. The predicted octanol–water partition coefficient (Wildman–Crippen LogP) is 15.0. The van der Waals surface area contributed by atoms with Crippen LogP contribution in [0.25, 0.3) is 21.5 Å². The van der Waals surface area contributed by atoms with Crippen molar-refractivity contribution in [3.05, 3.63) is 216 Å². The molecule has 0 fully saturated rings. The lowest BCUT2D eigenvalue weighted by atomic mass is 9.67. The molecule has 0 saturated carbocycles. The topological polar surface area (TPSA) is 48.1 Å². The molecular formula is C57H54N4. The summed E-state index contributed by atoms with van der Waals surface area (Å²) in [6.45, 7) is 11.8. The third-order valence-corrected chi connectivity index (χ3v) is 13.7. The highest BCUT2D eigenvalue weighted by Gasteiger charge is 2.40. The Hall–Kier alpha value is -6.78. The molecule has 0 radical (unpaired) electrons. The van der Waals surface area contributed by atoms with E-state index < -0.39 is 5.41 Å². The molecule has 0 saturated heterocycles. The van der Waals surface area contributed by atoms with Crippen molar-refractivity contribution in [2.24, 2.45) is 5.92 Å². The number of hydrogen-bond donors (Lipinski definition) is 4. The second kappa shape index (κ2) is 15.4. The number of anilines is 6. The van der Waals surface area contributed by atoms with Crippen LogP contribution in [0, 0.1) is 5.92 Å². The predicted molar refractivity (Wildman–Crippen MR) is 260 cm³/mol. The minimum absolute atomic E-state index is 0.0811. The van der Waals surface area contributed by atoms with Gasteiger partial charge in [0, 0.05) is 78.5 Å². The second-order valence-corrected chi connectivity index (χ2v) is 17.9. The first-order chi connectivity index (χ1) is 29.7. The molecule has 0 amide bonds. The first-order valence-corrected chi connectivity index (χ1v) is 21.9. The average molecular weight is 795 g/mol. The lowest BCUT2D eigenvalue weighted by Gasteiger charge is -2.44. The molecular weight excluding hydrogens is 741 g/mol. The van der Waals surface area contributed by atoms with Crippen molar-refractivity contribution in [1.82, 2.24) is 0 Å². The Balaban J connectivity index is 1.05. The fourth-order valence-corrected chi connectivity index (χ4v) is 10.1. The normalized spacial score (nSPS) is 19.9. The Labute approximate surface area is 360 Å². The Bertz CT molecular complexity index is 2920. The summed E-state index contributed by atoms with van der Waals surface area (Å²) in [7, 11) is 0. The van der Waals surface area contributed by atoms with Gasteiger partial charge >= 0.3 is 0 Å². The number of nitrogens with one attached hydrogen (secondary N) is 4. The number of rotatable bonds is 9. The fourth-order valence-electron chi connectivity index (χ4n) is 10.1. The summed E-state index contributed by atoms with van der Waals surface area (Å²) >= 11 is 0. The van der Waals surface area contributed by atoms with E-state index in [9.17, 15) is 0 Å². The Morgan fingerprint density at radius 1 is 0.525 bits per heavy atom. The van der Waals surface area contributed by atoms with Crippen LogP contribution >= 0.6 is 0 Å². The zero-order valence-corrected chi connectivity index (χ0v) is 35.8. The van der Waals surface area contributed by atoms with Crippen molar-refractivity contribution >= 4 is 55.7 Å². The first-order valence-electron chi connectivity index (χ1n) is 21.9. The highest BCUT2D eigenvalue weighted by molar-refractivity contribution is 6.07. The molecule has 8 aromatic rings. The maximum atomic E-state index is 4.02. The molecule has 4 unspecified atom stereocenters. The van der Waals surface area contributed by atoms with E-state index >= 15 is 0 Å². The molecule has 4 nitrogen and oxygen atoms in total. The number of hydrogen-bond acceptors (Lipinski definition) is 4. The lowest BCUT2D eigenvalue weighted by Crippen LogP contribution is -2.41.